The van der Waals surface area contributed by atoms with Crippen LogP contribution in [-0.2, 0) is 0 Å². The van der Waals surface area contributed by atoms with Crippen molar-refractivity contribution in [2.75, 3.05) is 5.32 Å². The number of aldehydes is 1. The summed E-state index contributed by atoms with van der Waals surface area (Å²) in [4.78, 5) is 24.9. The van der Waals surface area contributed by atoms with Crippen LogP contribution in [-0.4, -0.2) is 22.5 Å². The van der Waals surface area contributed by atoms with E-state index >= 15 is 0 Å². The minimum Gasteiger partial charge on any atom is -0.465 e. The quantitative estimate of drug-likeness (QED) is 0.763. The molecule has 1 heterocycles. The molecule has 0 saturated carbocycles. The predicted octanol–water partition coefficient (Wildman–Crippen LogP) is 2.20. The van der Waals surface area contributed by atoms with Crippen LogP contribution in [0.3, 0.4) is 0 Å². The molecule has 2 N–H and O–H groups in total. The van der Waals surface area contributed by atoms with Gasteiger partial charge in [0.2, 0.25) is 0 Å². The van der Waals surface area contributed by atoms with Crippen molar-refractivity contribution in [3.05, 3.63) is 23.2 Å². The van der Waals surface area contributed by atoms with Gasteiger partial charge in [0.1, 0.15) is 0 Å². The lowest BCUT2D eigenvalue weighted by molar-refractivity contribution is 0.112. The summed E-state index contributed by atoms with van der Waals surface area (Å²) in [6.45, 7) is 0. The number of carboxylic acid groups (broad SMARTS) is 1. The highest BCUT2D eigenvalue weighted by molar-refractivity contribution is 7.20. The third-order valence-electron chi connectivity index (χ3n) is 1.76. The smallest absolute Gasteiger partial charge is 0.409 e. The van der Waals surface area contributed by atoms with E-state index in [1.54, 1.807) is 18.2 Å². The summed E-state index contributed by atoms with van der Waals surface area (Å²) >= 11 is 1.23. The van der Waals surface area contributed by atoms with Crippen LogP contribution in [0.1, 0.15) is 9.80 Å². The van der Waals surface area contributed by atoms with Gasteiger partial charge in [-0.2, -0.15) is 0 Å². The van der Waals surface area contributed by atoms with Crippen molar-refractivity contribution in [1.29, 1.82) is 0 Å². The number of hydrogen-bond acceptors (Lipinski definition) is 4. The molecule has 2 rings (SSSR count). The number of nitrogens with one attached hydrogen (secondary N) is 1. The van der Waals surface area contributed by atoms with Gasteiger partial charge in [-0.15, -0.1) is 11.3 Å². The Hall–Kier alpha value is -1.95. The Morgan fingerprint density at radius 3 is 3.00 bits per heavy atom. The zero-order chi connectivity index (χ0) is 10.8. The first-order valence-electron chi connectivity index (χ1n) is 4.05. The highest BCUT2D eigenvalue weighted by Crippen LogP contribution is 2.24. The number of anilines is 1. The maximum atomic E-state index is 10.5. The number of benzene rings is 1. The molecule has 6 heteroatoms. The molecule has 0 aliphatic heterocycles. The Balaban J connectivity index is 2.45. The number of carbonyl (C=O) groups is 2. The summed E-state index contributed by atoms with van der Waals surface area (Å²) in [5, 5.41) is 11.1. The van der Waals surface area contributed by atoms with E-state index in [4.69, 9.17) is 5.11 Å². The second-order valence-corrected chi connectivity index (χ2v) is 3.84. The number of rotatable bonds is 2. The molecule has 0 aliphatic rings. The topological polar surface area (TPSA) is 79.3 Å². The maximum absolute atomic E-state index is 10.5. The minimum absolute atomic E-state index is 0.387. The van der Waals surface area contributed by atoms with E-state index in [2.05, 4.69) is 10.3 Å². The molecule has 0 radical (unpaired) electrons. The van der Waals surface area contributed by atoms with E-state index in [-0.39, 0.29) is 0 Å². The van der Waals surface area contributed by atoms with Crippen LogP contribution in [0.25, 0.3) is 10.2 Å². The largest absolute Gasteiger partial charge is 0.465 e. The fraction of sp³-hybridized carbons (Fsp3) is 0. The standard InChI is InChI=1S/C9H6N2O3S/c12-4-8-11-6-2-1-5(10-9(13)14)3-7(6)15-8/h1-4,10H,(H,13,14). The fourth-order valence-corrected chi connectivity index (χ4v) is 2.02. The minimum atomic E-state index is -1.12. The SMILES string of the molecule is O=Cc1nc2ccc(NC(=O)O)cc2s1. The van der Waals surface area contributed by atoms with Crippen molar-refractivity contribution in [1.82, 2.24) is 4.98 Å². The number of aromatic nitrogens is 1. The van der Waals surface area contributed by atoms with Crippen molar-refractivity contribution >= 4 is 39.6 Å². The second-order valence-electron chi connectivity index (χ2n) is 2.78. The Kier molecular flexibility index (Phi) is 2.34. The van der Waals surface area contributed by atoms with Crippen molar-refractivity contribution in [2.24, 2.45) is 0 Å². The molecule has 76 valence electrons. The van der Waals surface area contributed by atoms with Gasteiger partial charge in [0.25, 0.3) is 0 Å². The lowest BCUT2D eigenvalue weighted by Crippen LogP contribution is -2.06. The molecule has 0 atom stereocenters. The van der Waals surface area contributed by atoms with Crippen molar-refractivity contribution < 1.29 is 14.7 Å². The van der Waals surface area contributed by atoms with E-state index in [1.807, 2.05) is 0 Å². The molecule has 0 aliphatic carbocycles. The van der Waals surface area contributed by atoms with Gasteiger partial charge >= 0.3 is 6.09 Å². The highest BCUT2D eigenvalue weighted by atomic mass is 32.1. The van der Waals surface area contributed by atoms with E-state index in [9.17, 15) is 9.59 Å². The molecule has 1 amide bonds. The van der Waals surface area contributed by atoms with Crippen LogP contribution in [0.2, 0.25) is 0 Å². The zero-order valence-electron chi connectivity index (χ0n) is 7.43. The molecule has 15 heavy (non-hydrogen) atoms. The molecule has 0 saturated heterocycles. The zero-order valence-corrected chi connectivity index (χ0v) is 8.25. The first-order chi connectivity index (χ1) is 7.19. The van der Waals surface area contributed by atoms with Crippen LogP contribution in [0.5, 0.6) is 0 Å². The summed E-state index contributed by atoms with van der Waals surface area (Å²) in [7, 11) is 0. The van der Waals surface area contributed by atoms with E-state index in [0.29, 0.717) is 22.5 Å². The van der Waals surface area contributed by atoms with E-state index in [1.165, 1.54) is 11.3 Å². The monoisotopic (exact) mass is 222 g/mol. The molecule has 0 fully saturated rings. The normalized spacial score (nSPS) is 10.1. The molecule has 5 nitrogen and oxygen atoms in total. The molecular formula is C9H6N2O3S. The van der Waals surface area contributed by atoms with Gasteiger partial charge in [-0.25, -0.2) is 9.78 Å². The van der Waals surface area contributed by atoms with Gasteiger partial charge < -0.3 is 5.11 Å². The van der Waals surface area contributed by atoms with Crippen LogP contribution in [0, 0.1) is 0 Å². The molecule has 0 spiro atoms. The molecule has 1 aromatic heterocycles. The van der Waals surface area contributed by atoms with Gasteiger partial charge in [-0.3, -0.25) is 10.1 Å². The number of nitrogens with zero attached hydrogens (tertiary/aromatic N) is 1. The first-order valence-corrected chi connectivity index (χ1v) is 4.86. The first kappa shape index (κ1) is 9.60. The second kappa shape index (κ2) is 3.66. The third kappa shape index (κ3) is 1.94. The third-order valence-corrected chi connectivity index (χ3v) is 2.70. The van der Waals surface area contributed by atoms with Gasteiger partial charge in [0.15, 0.2) is 11.3 Å². The average molecular weight is 222 g/mol. The number of fused-ring (bicyclic) bond motifs is 1. The van der Waals surface area contributed by atoms with Crippen molar-refractivity contribution in [3.63, 3.8) is 0 Å². The van der Waals surface area contributed by atoms with Crippen molar-refractivity contribution in [3.8, 4) is 0 Å². The maximum Gasteiger partial charge on any atom is 0.409 e. The molecule has 2 aromatic rings. The summed E-state index contributed by atoms with van der Waals surface area (Å²) < 4.78 is 0.781. The van der Waals surface area contributed by atoms with E-state index < -0.39 is 6.09 Å². The molecular weight excluding hydrogens is 216 g/mol. The lowest BCUT2D eigenvalue weighted by atomic mass is 10.3. The van der Waals surface area contributed by atoms with E-state index in [0.717, 1.165) is 4.70 Å². The van der Waals surface area contributed by atoms with Gasteiger partial charge in [0.05, 0.1) is 10.2 Å². The van der Waals surface area contributed by atoms with Gasteiger partial charge in [-0.1, -0.05) is 0 Å². The van der Waals surface area contributed by atoms with Crippen LogP contribution >= 0.6 is 11.3 Å². The van der Waals surface area contributed by atoms with Crippen molar-refractivity contribution in [2.45, 2.75) is 0 Å². The summed E-state index contributed by atoms with van der Waals surface area (Å²) in [6.07, 6.45) is -0.441. The van der Waals surface area contributed by atoms with Crippen LogP contribution in [0.15, 0.2) is 18.2 Å². The van der Waals surface area contributed by atoms with Gasteiger partial charge in [0, 0.05) is 5.69 Å². The number of hydrogen-bond donors (Lipinski definition) is 2. The summed E-state index contributed by atoms with van der Waals surface area (Å²) in [6, 6.07) is 4.92. The van der Waals surface area contributed by atoms with Crippen LogP contribution < -0.4 is 5.32 Å². The summed E-state index contributed by atoms with van der Waals surface area (Å²) in [5.41, 5.74) is 1.16. The molecule has 1 aromatic carbocycles. The number of thiazole rings is 1. The Morgan fingerprint density at radius 2 is 2.33 bits per heavy atom. The van der Waals surface area contributed by atoms with Crippen LogP contribution in [0.4, 0.5) is 10.5 Å². The van der Waals surface area contributed by atoms with Gasteiger partial charge in [-0.05, 0) is 18.2 Å². The Morgan fingerprint density at radius 1 is 1.53 bits per heavy atom. The molecule has 0 bridgehead atoms. The predicted molar refractivity (Wildman–Crippen MR) is 56.7 cm³/mol. The number of amides is 1. The molecule has 0 unspecified atom stereocenters. The fourth-order valence-electron chi connectivity index (χ4n) is 1.19. The summed E-state index contributed by atoms with van der Waals surface area (Å²) in [5.74, 6) is 0. The Bertz CT molecular complexity index is 535. The lowest BCUT2D eigenvalue weighted by Gasteiger charge is -1.98. The number of carbonyl (C=O) groups excluding carboxylic acids is 1. The average Bonchev–Trinajstić information content (AvgIpc) is 2.58. The Labute approximate surface area is 88.4 Å². The highest BCUT2D eigenvalue weighted by Gasteiger charge is 2.04.